The van der Waals surface area contributed by atoms with E-state index in [9.17, 15) is 19.2 Å². The van der Waals surface area contributed by atoms with Crippen molar-refractivity contribution in [3.8, 4) is 5.75 Å². The summed E-state index contributed by atoms with van der Waals surface area (Å²) in [6.45, 7) is -0.444. The molecule has 31 heavy (non-hydrogen) atoms. The standard InChI is InChI=1S/C22H16N2O6S/c1-29-16-8-6-15(7-9-16)23-19(25)12-24-20(26)18(31-22(24)28)11-14-10-13-4-2-3-5-17(13)30-21(14)27/h2-11H,12H2,1H3,(H,23,25). The first-order chi connectivity index (χ1) is 14.9. The van der Waals surface area contributed by atoms with Crippen LogP contribution in [0.25, 0.3) is 17.0 Å². The Bertz CT molecular complexity index is 1280. The van der Waals surface area contributed by atoms with E-state index in [1.807, 2.05) is 0 Å². The minimum absolute atomic E-state index is 0.0461. The van der Waals surface area contributed by atoms with Crippen molar-refractivity contribution < 1.29 is 23.5 Å². The third-order valence-corrected chi connectivity index (χ3v) is 5.41. The summed E-state index contributed by atoms with van der Waals surface area (Å²) in [5, 5.41) is 2.72. The number of carbonyl (C=O) groups excluding carboxylic acids is 3. The normalized spacial score (nSPS) is 15.0. The average molecular weight is 436 g/mol. The lowest BCUT2D eigenvalue weighted by Crippen LogP contribution is -2.36. The fourth-order valence-electron chi connectivity index (χ4n) is 2.97. The number of nitrogens with zero attached hydrogens (tertiary/aromatic N) is 1. The minimum atomic E-state index is -0.646. The van der Waals surface area contributed by atoms with Crippen molar-refractivity contribution in [3.05, 3.63) is 75.5 Å². The number of benzene rings is 2. The number of hydrogen-bond donors (Lipinski definition) is 1. The van der Waals surface area contributed by atoms with Crippen molar-refractivity contribution in [2.24, 2.45) is 0 Å². The summed E-state index contributed by atoms with van der Waals surface area (Å²) in [5.41, 5.74) is 0.449. The van der Waals surface area contributed by atoms with Gasteiger partial charge in [0.1, 0.15) is 17.9 Å². The number of imide groups is 1. The quantitative estimate of drug-likeness (QED) is 0.482. The van der Waals surface area contributed by atoms with Gasteiger partial charge in [0.2, 0.25) is 5.91 Å². The van der Waals surface area contributed by atoms with Crippen molar-refractivity contribution in [2.75, 3.05) is 19.0 Å². The molecule has 0 aliphatic carbocycles. The summed E-state index contributed by atoms with van der Waals surface area (Å²) in [6.07, 6.45) is 1.31. The molecule has 4 rings (SSSR count). The van der Waals surface area contributed by atoms with Crippen LogP contribution in [0.4, 0.5) is 10.5 Å². The molecule has 0 radical (unpaired) electrons. The Kier molecular flexibility index (Phi) is 5.59. The molecule has 2 heterocycles. The molecule has 1 aliphatic rings. The molecule has 156 valence electrons. The number of hydrogen-bond acceptors (Lipinski definition) is 7. The van der Waals surface area contributed by atoms with Gasteiger partial charge in [-0.1, -0.05) is 18.2 Å². The first-order valence-electron chi connectivity index (χ1n) is 9.17. The van der Waals surface area contributed by atoms with Gasteiger partial charge in [0.05, 0.1) is 17.6 Å². The first kappa shape index (κ1) is 20.4. The summed E-state index contributed by atoms with van der Waals surface area (Å²) >= 11 is 0.665. The van der Waals surface area contributed by atoms with Crippen molar-refractivity contribution in [1.29, 1.82) is 0 Å². The van der Waals surface area contributed by atoms with E-state index in [1.165, 1.54) is 13.2 Å². The topological polar surface area (TPSA) is 106 Å². The Hall–Kier alpha value is -3.85. The zero-order chi connectivity index (χ0) is 22.0. The van der Waals surface area contributed by atoms with Crippen LogP contribution in [0, 0.1) is 0 Å². The Morgan fingerprint density at radius 1 is 1.13 bits per heavy atom. The fourth-order valence-corrected chi connectivity index (χ4v) is 3.80. The molecule has 1 aliphatic heterocycles. The monoisotopic (exact) mass is 436 g/mol. The van der Waals surface area contributed by atoms with Crippen LogP contribution < -0.4 is 15.7 Å². The van der Waals surface area contributed by atoms with Gasteiger partial charge < -0.3 is 14.5 Å². The zero-order valence-electron chi connectivity index (χ0n) is 16.3. The Balaban J connectivity index is 1.50. The average Bonchev–Trinajstić information content (AvgIpc) is 3.02. The molecule has 8 nitrogen and oxygen atoms in total. The third-order valence-electron chi connectivity index (χ3n) is 4.50. The number of thioether (sulfide) groups is 1. The van der Waals surface area contributed by atoms with Gasteiger partial charge in [-0.05, 0) is 54.2 Å². The van der Waals surface area contributed by atoms with E-state index >= 15 is 0 Å². The lowest BCUT2D eigenvalue weighted by atomic mass is 10.2. The SMILES string of the molecule is COc1ccc(NC(=O)CN2C(=O)SC(=Cc3cc4ccccc4oc3=O)C2=O)cc1. The summed E-state index contributed by atoms with van der Waals surface area (Å²) in [7, 11) is 1.53. The predicted octanol–water partition coefficient (Wildman–Crippen LogP) is 3.48. The molecule has 9 heteroatoms. The van der Waals surface area contributed by atoms with Gasteiger partial charge in [0, 0.05) is 11.1 Å². The Morgan fingerprint density at radius 3 is 2.61 bits per heavy atom. The molecule has 0 saturated carbocycles. The molecule has 0 spiro atoms. The molecular weight excluding hydrogens is 420 g/mol. The number of anilines is 1. The van der Waals surface area contributed by atoms with Crippen LogP contribution in [0.5, 0.6) is 5.75 Å². The van der Waals surface area contributed by atoms with Gasteiger partial charge in [0.25, 0.3) is 11.1 Å². The molecule has 1 saturated heterocycles. The highest BCUT2D eigenvalue weighted by Crippen LogP contribution is 2.32. The maximum atomic E-state index is 12.7. The van der Waals surface area contributed by atoms with Gasteiger partial charge in [-0.15, -0.1) is 0 Å². The largest absolute Gasteiger partial charge is 0.497 e. The van der Waals surface area contributed by atoms with E-state index in [0.29, 0.717) is 34.2 Å². The van der Waals surface area contributed by atoms with Gasteiger partial charge in [0.15, 0.2) is 0 Å². The number of fused-ring (bicyclic) bond motifs is 1. The molecule has 1 fully saturated rings. The van der Waals surface area contributed by atoms with Crippen LogP contribution in [0.3, 0.4) is 0 Å². The number of carbonyl (C=O) groups is 3. The molecule has 2 aromatic carbocycles. The molecule has 3 amide bonds. The summed E-state index contributed by atoms with van der Waals surface area (Å²) in [5.74, 6) is -0.543. The van der Waals surface area contributed by atoms with Gasteiger partial charge in [-0.3, -0.25) is 19.3 Å². The Labute approximate surface area is 180 Å². The zero-order valence-corrected chi connectivity index (χ0v) is 17.1. The lowest BCUT2D eigenvalue weighted by Gasteiger charge is -2.12. The van der Waals surface area contributed by atoms with E-state index in [-0.39, 0.29) is 10.5 Å². The molecule has 0 bridgehead atoms. The summed E-state index contributed by atoms with van der Waals surface area (Å²) in [6, 6.07) is 15.2. The maximum absolute atomic E-state index is 12.7. The first-order valence-corrected chi connectivity index (χ1v) is 9.98. The van der Waals surface area contributed by atoms with Crippen LogP contribution in [-0.2, 0) is 9.59 Å². The predicted molar refractivity (Wildman–Crippen MR) is 117 cm³/mol. The molecule has 1 N–H and O–H groups in total. The number of para-hydroxylation sites is 1. The summed E-state index contributed by atoms with van der Waals surface area (Å²) < 4.78 is 10.3. The lowest BCUT2D eigenvalue weighted by molar-refractivity contribution is -0.127. The number of rotatable bonds is 5. The van der Waals surface area contributed by atoms with Gasteiger partial charge in [-0.25, -0.2) is 4.79 Å². The molecule has 1 aromatic heterocycles. The minimum Gasteiger partial charge on any atom is -0.497 e. The molecule has 0 unspecified atom stereocenters. The Morgan fingerprint density at radius 2 is 1.87 bits per heavy atom. The summed E-state index contributed by atoms with van der Waals surface area (Å²) in [4.78, 5) is 50.3. The number of ether oxygens (including phenoxy) is 1. The van der Waals surface area contributed by atoms with Crippen LogP contribution >= 0.6 is 11.8 Å². The van der Waals surface area contributed by atoms with Crippen molar-refractivity contribution >= 4 is 51.5 Å². The van der Waals surface area contributed by atoms with Crippen LogP contribution in [-0.4, -0.2) is 35.6 Å². The van der Waals surface area contributed by atoms with E-state index in [1.54, 1.807) is 54.6 Å². The van der Waals surface area contributed by atoms with E-state index < -0.39 is 29.2 Å². The maximum Gasteiger partial charge on any atom is 0.343 e. The van der Waals surface area contributed by atoms with Crippen LogP contribution in [0.1, 0.15) is 5.56 Å². The second-order valence-corrected chi connectivity index (χ2v) is 7.56. The van der Waals surface area contributed by atoms with E-state index in [2.05, 4.69) is 5.32 Å². The van der Waals surface area contributed by atoms with Crippen molar-refractivity contribution in [1.82, 2.24) is 4.90 Å². The van der Waals surface area contributed by atoms with Crippen LogP contribution in [0.2, 0.25) is 0 Å². The third kappa shape index (κ3) is 4.36. The molecule has 3 aromatic rings. The number of methoxy groups -OCH3 is 1. The van der Waals surface area contributed by atoms with Crippen molar-refractivity contribution in [3.63, 3.8) is 0 Å². The smallest absolute Gasteiger partial charge is 0.343 e. The highest BCUT2D eigenvalue weighted by atomic mass is 32.2. The molecule has 0 atom stereocenters. The van der Waals surface area contributed by atoms with E-state index in [0.717, 1.165) is 4.90 Å². The highest BCUT2D eigenvalue weighted by Gasteiger charge is 2.36. The second kappa shape index (κ2) is 8.49. The number of amides is 3. The van der Waals surface area contributed by atoms with Gasteiger partial charge >= 0.3 is 5.63 Å². The van der Waals surface area contributed by atoms with Crippen LogP contribution in [0.15, 0.2) is 68.7 Å². The van der Waals surface area contributed by atoms with E-state index in [4.69, 9.17) is 9.15 Å². The fraction of sp³-hybridized carbons (Fsp3) is 0.0909. The molecular formula is C22H16N2O6S. The highest BCUT2D eigenvalue weighted by molar-refractivity contribution is 8.18. The van der Waals surface area contributed by atoms with Gasteiger partial charge in [-0.2, -0.15) is 0 Å². The second-order valence-electron chi connectivity index (χ2n) is 6.57. The van der Waals surface area contributed by atoms with Crippen molar-refractivity contribution in [2.45, 2.75) is 0 Å². The number of nitrogens with one attached hydrogen (secondary N) is 1.